The lowest BCUT2D eigenvalue weighted by molar-refractivity contribution is -0.137. The molecule has 1 atom stereocenters. The number of benzene rings is 2. The minimum Gasteiger partial charge on any atom is -0.322 e. The minimum absolute atomic E-state index is 0.138. The van der Waals surface area contributed by atoms with Gasteiger partial charge in [-0.25, -0.2) is 0 Å². The number of carbonyl (C=O) groups excluding carboxylic acids is 1. The highest BCUT2D eigenvalue weighted by Crippen LogP contribution is 2.40. The Hall–Kier alpha value is -1.95. The van der Waals surface area contributed by atoms with Gasteiger partial charge in [0.15, 0.2) is 0 Å². The number of amides is 1. The Morgan fingerprint density at radius 3 is 2.62 bits per heavy atom. The average Bonchev–Trinajstić information content (AvgIpc) is 3.03. The zero-order valence-corrected chi connectivity index (χ0v) is 13.8. The number of thioether (sulfide) groups is 1. The number of halogens is 3. The number of aryl methyl sites for hydroxylation is 1. The summed E-state index contributed by atoms with van der Waals surface area (Å²) < 4.78 is 38.8. The zero-order chi connectivity index (χ0) is 17.3. The maximum atomic E-state index is 12.9. The molecule has 2 nitrogen and oxygen atoms in total. The summed E-state index contributed by atoms with van der Waals surface area (Å²) in [5.41, 5.74) is 1.28. The van der Waals surface area contributed by atoms with E-state index >= 15 is 0 Å². The number of hydrogen-bond acceptors (Lipinski definition) is 2. The highest BCUT2D eigenvalue weighted by molar-refractivity contribution is 7.99. The van der Waals surface area contributed by atoms with Gasteiger partial charge in [-0.2, -0.15) is 13.2 Å². The monoisotopic (exact) mass is 351 g/mol. The first-order chi connectivity index (χ1) is 11.4. The van der Waals surface area contributed by atoms with Crippen LogP contribution in [0.15, 0.2) is 48.5 Å². The Labute approximate surface area is 142 Å². The smallest absolute Gasteiger partial charge is 0.322 e. The summed E-state index contributed by atoms with van der Waals surface area (Å²) in [7, 11) is 0. The molecular formula is C18H16F3NOS. The van der Waals surface area contributed by atoms with E-state index in [1.165, 1.54) is 17.8 Å². The summed E-state index contributed by atoms with van der Waals surface area (Å²) in [5, 5.41) is -0.389. The molecule has 0 spiro atoms. The van der Waals surface area contributed by atoms with E-state index in [2.05, 4.69) is 0 Å². The van der Waals surface area contributed by atoms with Gasteiger partial charge in [-0.3, -0.25) is 4.79 Å². The van der Waals surface area contributed by atoms with E-state index in [0.29, 0.717) is 23.4 Å². The van der Waals surface area contributed by atoms with Crippen LogP contribution < -0.4 is 0 Å². The summed E-state index contributed by atoms with van der Waals surface area (Å²) >= 11 is 1.49. The Kier molecular flexibility index (Phi) is 4.58. The Bertz CT molecular complexity index is 760. The van der Waals surface area contributed by atoms with Crippen molar-refractivity contribution in [3.63, 3.8) is 0 Å². The van der Waals surface area contributed by atoms with Crippen LogP contribution >= 0.6 is 11.8 Å². The number of rotatable bonds is 2. The molecule has 1 saturated heterocycles. The van der Waals surface area contributed by atoms with Crippen LogP contribution in [-0.2, 0) is 6.18 Å². The van der Waals surface area contributed by atoms with Crippen molar-refractivity contribution in [2.45, 2.75) is 18.5 Å². The first kappa shape index (κ1) is 16.9. The van der Waals surface area contributed by atoms with Gasteiger partial charge in [0.25, 0.3) is 5.91 Å². The SMILES string of the molecule is Cc1ccccc1C(=O)N1CCSC1c1cccc(C(F)(F)F)c1. The van der Waals surface area contributed by atoms with E-state index in [1.807, 2.05) is 19.1 Å². The van der Waals surface area contributed by atoms with Gasteiger partial charge in [0, 0.05) is 17.9 Å². The number of hydrogen-bond donors (Lipinski definition) is 0. The van der Waals surface area contributed by atoms with Crippen molar-refractivity contribution in [1.29, 1.82) is 0 Å². The molecule has 6 heteroatoms. The van der Waals surface area contributed by atoms with Crippen molar-refractivity contribution in [2.24, 2.45) is 0 Å². The van der Waals surface area contributed by atoms with Crippen molar-refractivity contribution in [3.05, 3.63) is 70.8 Å². The predicted octanol–water partition coefficient (Wildman–Crippen LogP) is 4.90. The highest BCUT2D eigenvalue weighted by atomic mass is 32.2. The molecule has 0 aromatic heterocycles. The fraction of sp³-hybridized carbons (Fsp3) is 0.278. The normalized spacial score (nSPS) is 18.0. The van der Waals surface area contributed by atoms with Crippen molar-refractivity contribution < 1.29 is 18.0 Å². The third-order valence-electron chi connectivity index (χ3n) is 4.03. The van der Waals surface area contributed by atoms with Crippen molar-refractivity contribution in [2.75, 3.05) is 12.3 Å². The van der Waals surface area contributed by atoms with Gasteiger partial charge in [0.2, 0.25) is 0 Å². The Morgan fingerprint density at radius 2 is 1.92 bits per heavy atom. The topological polar surface area (TPSA) is 20.3 Å². The summed E-state index contributed by atoms with van der Waals surface area (Å²) in [6.07, 6.45) is -4.38. The highest BCUT2D eigenvalue weighted by Gasteiger charge is 2.35. The summed E-state index contributed by atoms with van der Waals surface area (Å²) in [6.45, 7) is 2.38. The van der Waals surface area contributed by atoms with Gasteiger partial charge in [0.05, 0.1) is 5.56 Å². The molecular weight excluding hydrogens is 335 g/mol. The molecule has 2 aromatic carbocycles. The maximum absolute atomic E-state index is 12.9. The summed E-state index contributed by atoms with van der Waals surface area (Å²) in [5.74, 6) is 0.568. The van der Waals surface area contributed by atoms with Crippen LogP contribution in [0.4, 0.5) is 13.2 Å². The molecule has 0 bridgehead atoms. The standard InChI is InChI=1S/C18H16F3NOS/c1-12-5-2-3-8-15(12)16(23)22-9-10-24-17(22)13-6-4-7-14(11-13)18(19,20)21/h2-8,11,17H,9-10H2,1H3. The van der Waals surface area contributed by atoms with Crippen LogP contribution in [0.5, 0.6) is 0 Å². The summed E-state index contributed by atoms with van der Waals surface area (Å²) in [6, 6.07) is 12.5. The average molecular weight is 351 g/mol. The number of alkyl halides is 3. The quantitative estimate of drug-likeness (QED) is 0.767. The van der Waals surface area contributed by atoms with Crippen LogP contribution in [-0.4, -0.2) is 23.1 Å². The van der Waals surface area contributed by atoms with Crippen molar-refractivity contribution in [3.8, 4) is 0 Å². The third kappa shape index (κ3) is 3.29. The van der Waals surface area contributed by atoms with E-state index < -0.39 is 11.7 Å². The lowest BCUT2D eigenvalue weighted by Crippen LogP contribution is -2.31. The van der Waals surface area contributed by atoms with Crippen LogP contribution in [0.25, 0.3) is 0 Å². The van der Waals surface area contributed by atoms with Gasteiger partial charge in [-0.1, -0.05) is 30.3 Å². The van der Waals surface area contributed by atoms with Gasteiger partial charge in [-0.15, -0.1) is 11.8 Å². The molecule has 0 saturated carbocycles. The second-order valence-corrected chi connectivity index (χ2v) is 6.85. The van der Waals surface area contributed by atoms with E-state index in [9.17, 15) is 18.0 Å². The molecule has 1 heterocycles. The fourth-order valence-corrected chi connectivity index (χ4v) is 4.04. The largest absolute Gasteiger partial charge is 0.416 e. The van der Waals surface area contributed by atoms with Gasteiger partial charge in [-0.05, 0) is 36.2 Å². The third-order valence-corrected chi connectivity index (χ3v) is 5.29. The van der Waals surface area contributed by atoms with E-state index in [1.54, 1.807) is 23.1 Å². The van der Waals surface area contributed by atoms with Crippen LogP contribution in [0.2, 0.25) is 0 Å². The molecule has 1 aliphatic rings. The molecule has 0 aliphatic carbocycles. The van der Waals surface area contributed by atoms with Gasteiger partial charge >= 0.3 is 6.18 Å². The van der Waals surface area contributed by atoms with Crippen LogP contribution in [0.3, 0.4) is 0 Å². The molecule has 1 aliphatic heterocycles. The lowest BCUT2D eigenvalue weighted by Gasteiger charge is -2.25. The fourth-order valence-electron chi connectivity index (χ4n) is 2.79. The Balaban J connectivity index is 1.92. The molecule has 0 N–H and O–H groups in total. The number of nitrogens with zero attached hydrogens (tertiary/aromatic N) is 1. The van der Waals surface area contributed by atoms with Gasteiger partial charge in [0.1, 0.15) is 5.37 Å². The van der Waals surface area contributed by atoms with Crippen LogP contribution in [0, 0.1) is 6.92 Å². The molecule has 0 radical (unpaired) electrons. The first-order valence-corrected chi connectivity index (χ1v) is 8.58. The second kappa shape index (κ2) is 6.51. The van der Waals surface area contributed by atoms with E-state index in [-0.39, 0.29) is 11.3 Å². The van der Waals surface area contributed by atoms with Crippen molar-refractivity contribution >= 4 is 17.7 Å². The molecule has 1 unspecified atom stereocenters. The molecule has 1 amide bonds. The first-order valence-electron chi connectivity index (χ1n) is 7.53. The Morgan fingerprint density at radius 1 is 1.17 bits per heavy atom. The molecule has 24 heavy (non-hydrogen) atoms. The molecule has 2 aromatic rings. The molecule has 3 rings (SSSR count). The van der Waals surface area contributed by atoms with E-state index in [0.717, 1.165) is 17.7 Å². The van der Waals surface area contributed by atoms with E-state index in [4.69, 9.17) is 0 Å². The maximum Gasteiger partial charge on any atom is 0.416 e. The molecule has 1 fully saturated rings. The predicted molar refractivity (Wildman–Crippen MR) is 88.9 cm³/mol. The zero-order valence-electron chi connectivity index (χ0n) is 13.0. The van der Waals surface area contributed by atoms with Crippen molar-refractivity contribution in [1.82, 2.24) is 4.90 Å². The lowest BCUT2D eigenvalue weighted by atomic mass is 10.1. The summed E-state index contributed by atoms with van der Waals surface area (Å²) in [4.78, 5) is 14.5. The number of carbonyl (C=O) groups is 1. The molecule has 126 valence electrons. The minimum atomic E-state index is -4.38. The van der Waals surface area contributed by atoms with Crippen LogP contribution in [0.1, 0.15) is 32.4 Å². The van der Waals surface area contributed by atoms with Gasteiger partial charge < -0.3 is 4.90 Å². The second-order valence-electron chi connectivity index (χ2n) is 5.66.